The van der Waals surface area contributed by atoms with Gasteiger partial charge in [-0.05, 0) is 18.2 Å². The molecule has 0 spiro atoms. The van der Waals surface area contributed by atoms with E-state index in [2.05, 4.69) is 0 Å². The minimum absolute atomic E-state index is 0.0333. The van der Waals surface area contributed by atoms with Crippen LogP contribution in [0.1, 0.15) is 0 Å². The van der Waals surface area contributed by atoms with Crippen molar-refractivity contribution in [2.75, 3.05) is 0 Å². The van der Waals surface area contributed by atoms with Gasteiger partial charge in [-0.1, -0.05) is 6.07 Å². The third-order valence-corrected chi connectivity index (χ3v) is 3.10. The highest BCUT2D eigenvalue weighted by Crippen LogP contribution is 2.37. The third-order valence-electron chi connectivity index (χ3n) is 3.10. The van der Waals surface area contributed by atoms with E-state index in [1.807, 2.05) is 0 Å². The van der Waals surface area contributed by atoms with Gasteiger partial charge >= 0.3 is 0 Å². The van der Waals surface area contributed by atoms with Crippen molar-refractivity contribution < 1.29 is 24.8 Å². The molecule has 1 heterocycles. The van der Waals surface area contributed by atoms with Gasteiger partial charge in [0.15, 0.2) is 28.4 Å². The van der Waals surface area contributed by atoms with Crippen LogP contribution in [-0.4, -0.2) is 20.4 Å². The van der Waals surface area contributed by atoms with Crippen LogP contribution in [-0.2, 0) is 0 Å². The molecule has 1 aromatic heterocycles. The fraction of sp³-hybridized carbons (Fsp3) is 0. The molecule has 0 bridgehead atoms. The molecule has 0 atom stereocenters. The number of hydrogen-bond acceptors (Lipinski definition) is 6. The van der Waals surface area contributed by atoms with Gasteiger partial charge in [0.1, 0.15) is 11.3 Å². The lowest BCUT2D eigenvalue weighted by Crippen LogP contribution is -2.00. The fourth-order valence-corrected chi connectivity index (χ4v) is 2.04. The summed E-state index contributed by atoms with van der Waals surface area (Å²) in [5.41, 5.74) is -0.263. The minimum atomic E-state index is -0.454. The first-order valence-electron chi connectivity index (χ1n) is 5.98. The standard InChI is InChI=1S/C15H10O6/c16-9-3-1-2-7(15(9)20)13-5-10(17)8-4-11(18)12(19)6-14(8)21-13/h1-6,16,18-20H. The summed E-state index contributed by atoms with van der Waals surface area (Å²) in [6.07, 6.45) is 0. The molecule has 3 rings (SSSR count). The molecular weight excluding hydrogens is 276 g/mol. The zero-order chi connectivity index (χ0) is 15.1. The maximum Gasteiger partial charge on any atom is 0.193 e. The first-order valence-corrected chi connectivity index (χ1v) is 5.98. The number of phenols is 4. The molecule has 4 N–H and O–H groups in total. The molecule has 0 aliphatic heterocycles. The molecule has 21 heavy (non-hydrogen) atoms. The molecule has 0 saturated carbocycles. The van der Waals surface area contributed by atoms with Gasteiger partial charge in [-0.15, -0.1) is 0 Å². The largest absolute Gasteiger partial charge is 0.504 e. The van der Waals surface area contributed by atoms with E-state index in [1.54, 1.807) is 0 Å². The van der Waals surface area contributed by atoms with E-state index in [0.29, 0.717) is 0 Å². The Morgan fingerprint density at radius 3 is 2.33 bits per heavy atom. The van der Waals surface area contributed by atoms with E-state index in [4.69, 9.17) is 4.42 Å². The van der Waals surface area contributed by atoms with Gasteiger partial charge in [-0.2, -0.15) is 0 Å². The lowest BCUT2D eigenvalue weighted by atomic mass is 10.1. The zero-order valence-corrected chi connectivity index (χ0v) is 10.6. The summed E-state index contributed by atoms with van der Waals surface area (Å²) < 4.78 is 5.46. The Morgan fingerprint density at radius 1 is 0.857 bits per heavy atom. The van der Waals surface area contributed by atoms with Gasteiger partial charge in [0.2, 0.25) is 0 Å². The molecule has 0 amide bonds. The molecule has 106 valence electrons. The second-order valence-electron chi connectivity index (χ2n) is 4.49. The summed E-state index contributed by atoms with van der Waals surface area (Å²) in [5.74, 6) is -1.58. The van der Waals surface area contributed by atoms with Gasteiger partial charge < -0.3 is 24.8 Å². The van der Waals surface area contributed by atoms with E-state index in [-0.39, 0.29) is 28.0 Å². The van der Waals surface area contributed by atoms with Crippen LogP contribution < -0.4 is 5.43 Å². The van der Waals surface area contributed by atoms with E-state index < -0.39 is 22.7 Å². The predicted octanol–water partition coefficient (Wildman–Crippen LogP) is 2.28. The quantitative estimate of drug-likeness (QED) is 0.511. The third kappa shape index (κ3) is 2.02. The second-order valence-corrected chi connectivity index (χ2v) is 4.49. The molecule has 0 fully saturated rings. The van der Waals surface area contributed by atoms with Crippen LogP contribution in [0.5, 0.6) is 23.0 Å². The van der Waals surface area contributed by atoms with Crippen molar-refractivity contribution in [3.8, 4) is 34.3 Å². The van der Waals surface area contributed by atoms with Gasteiger partial charge in [-0.3, -0.25) is 4.79 Å². The highest BCUT2D eigenvalue weighted by Gasteiger charge is 2.14. The molecule has 0 radical (unpaired) electrons. The Bertz CT molecular complexity index is 910. The molecule has 0 unspecified atom stereocenters. The SMILES string of the molecule is O=c1cc(-c2cccc(O)c2O)oc2cc(O)c(O)cc12. The number of fused-ring (bicyclic) bond motifs is 1. The van der Waals surface area contributed by atoms with E-state index >= 15 is 0 Å². The highest BCUT2D eigenvalue weighted by molar-refractivity contribution is 5.83. The number of hydrogen-bond donors (Lipinski definition) is 4. The van der Waals surface area contributed by atoms with Crippen LogP contribution in [0.15, 0.2) is 45.6 Å². The molecular formula is C15H10O6. The first kappa shape index (κ1) is 12.9. The van der Waals surface area contributed by atoms with Gasteiger partial charge in [-0.25, -0.2) is 0 Å². The number of rotatable bonds is 1. The van der Waals surface area contributed by atoms with E-state index in [1.165, 1.54) is 18.2 Å². The van der Waals surface area contributed by atoms with Crippen LogP contribution >= 0.6 is 0 Å². The van der Waals surface area contributed by atoms with Crippen molar-refractivity contribution >= 4 is 11.0 Å². The van der Waals surface area contributed by atoms with Crippen molar-refractivity contribution in [2.24, 2.45) is 0 Å². The molecule has 3 aromatic rings. The van der Waals surface area contributed by atoms with E-state index in [0.717, 1.165) is 18.2 Å². The topological polar surface area (TPSA) is 111 Å². The van der Waals surface area contributed by atoms with Gasteiger partial charge in [0.25, 0.3) is 0 Å². The van der Waals surface area contributed by atoms with Crippen molar-refractivity contribution in [1.82, 2.24) is 0 Å². The van der Waals surface area contributed by atoms with Gasteiger partial charge in [0.05, 0.1) is 10.9 Å². The predicted molar refractivity (Wildman–Crippen MR) is 74.6 cm³/mol. The maximum absolute atomic E-state index is 12.0. The van der Waals surface area contributed by atoms with Crippen molar-refractivity contribution in [3.05, 3.63) is 46.6 Å². The molecule has 0 aliphatic rings. The summed E-state index contributed by atoms with van der Waals surface area (Å²) in [7, 11) is 0. The average molecular weight is 286 g/mol. The maximum atomic E-state index is 12.0. The van der Waals surface area contributed by atoms with Crippen LogP contribution in [0, 0.1) is 0 Å². The van der Waals surface area contributed by atoms with Gasteiger partial charge in [0, 0.05) is 12.1 Å². The van der Waals surface area contributed by atoms with Crippen molar-refractivity contribution in [2.45, 2.75) is 0 Å². The fourth-order valence-electron chi connectivity index (χ4n) is 2.04. The molecule has 0 saturated heterocycles. The van der Waals surface area contributed by atoms with E-state index in [9.17, 15) is 25.2 Å². The monoisotopic (exact) mass is 286 g/mol. The minimum Gasteiger partial charge on any atom is -0.504 e. The summed E-state index contributed by atoms with van der Waals surface area (Å²) in [4.78, 5) is 12.0. The summed E-state index contributed by atoms with van der Waals surface area (Å²) >= 11 is 0. The highest BCUT2D eigenvalue weighted by atomic mass is 16.3. The number of benzene rings is 2. The summed E-state index contributed by atoms with van der Waals surface area (Å²) in [6, 6.07) is 7.59. The van der Waals surface area contributed by atoms with Crippen LogP contribution in [0.4, 0.5) is 0 Å². The Morgan fingerprint density at radius 2 is 1.57 bits per heavy atom. The lowest BCUT2D eigenvalue weighted by Gasteiger charge is -2.07. The van der Waals surface area contributed by atoms with Crippen LogP contribution in [0.25, 0.3) is 22.3 Å². The Hall–Kier alpha value is -3.15. The van der Waals surface area contributed by atoms with Crippen molar-refractivity contribution in [1.29, 1.82) is 0 Å². The second kappa shape index (κ2) is 4.45. The molecule has 0 aliphatic carbocycles. The zero-order valence-electron chi connectivity index (χ0n) is 10.6. The first-order chi connectivity index (χ1) is 9.97. The molecule has 6 nitrogen and oxygen atoms in total. The van der Waals surface area contributed by atoms with Crippen molar-refractivity contribution in [3.63, 3.8) is 0 Å². The number of phenolic OH excluding ortho intramolecular Hbond substituents is 4. The number of para-hydroxylation sites is 1. The molecule has 2 aromatic carbocycles. The Balaban J connectivity index is 2.33. The smallest absolute Gasteiger partial charge is 0.193 e. The van der Waals surface area contributed by atoms with Crippen LogP contribution in [0.3, 0.4) is 0 Å². The summed E-state index contributed by atoms with van der Waals surface area (Å²) in [6.45, 7) is 0. The number of aromatic hydroxyl groups is 4. The normalized spacial score (nSPS) is 10.9. The van der Waals surface area contributed by atoms with Crippen LogP contribution in [0.2, 0.25) is 0 Å². The summed E-state index contributed by atoms with van der Waals surface area (Å²) in [5, 5.41) is 38.3. The Kier molecular flexibility index (Phi) is 2.72. The Labute approximate surface area is 117 Å². The average Bonchev–Trinajstić information content (AvgIpc) is 2.44. The molecule has 6 heteroatoms. The lowest BCUT2D eigenvalue weighted by molar-refractivity contribution is 0.402.